The zero-order valence-corrected chi connectivity index (χ0v) is 18.7. The first-order chi connectivity index (χ1) is 14.3. The molecule has 1 aliphatic heterocycles. The molecule has 1 atom stereocenters. The molecule has 0 saturated carbocycles. The maximum atomic E-state index is 13.1. The van der Waals surface area contributed by atoms with Crippen molar-refractivity contribution in [3.63, 3.8) is 0 Å². The molecular formula is C21H25ClN2O5S. The molecule has 1 saturated heterocycles. The molecule has 0 unspecified atom stereocenters. The summed E-state index contributed by atoms with van der Waals surface area (Å²) in [6.07, 6.45) is 1.23. The van der Waals surface area contributed by atoms with Gasteiger partial charge in [-0.1, -0.05) is 17.7 Å². The van der Waals surface area contributed by atoms with E-state index >= 15 is 0 Å². The molecule has 0 N–H and O–H groups in total. The minimum atomic E-state index is -3.77. The summed E-state index contributed by atoms with van der Waals surface area (Å²) >= 11 is 6.11. The van der Waals surface area contributed by atoms with Crippen LogP contribution in [0.4, 0.5) is 5.69 Å². The lowest BCUT2D eigenvalue weighted by Gasteiger charge is -2.33. The van der Waals surface area contributed by atoms with Gasteiger partial charge in [0.15, 0.2) is 0 Å². The summed E-state index contributed by atoms with van der Waals surface area (Å²) in [5.74, 6) is 0.493. The standard InChI is InChI=1S/C21H25ClN2O5S/c1-23(16-7-4-8-17(12-16)28-2)21(25)15-6-5-11-24(14-15)30(26,27)18-9-10-20(29-3)19(22)13-18/h4,7-10,12-13,15H,5-6,11,14H2,1-3H3/t15-/m0/s1. The van der Waals surface area contributed by atoms with Crippen molar-refractivity contribution in [2.24, 2.45) is 5.92 Å². The van der Waals surface area contributed by atoms with Gasteiger partial charge in [0, 0.05) is 31.9 Å². The minimum Gasteiger partial charge on any atom is -0.497 e. The molecule has 1 amide bonds. The molecule has 0 aromatic heterocycles. The van der Waals surface area contributed by atoms with Crippen molar-refractivity contribution in [1.82, 2.24) is 4.31 Å². The van der Waals surface area contributed by atoms with Gasteiger partial charge in [-0.05, 0) is 43.2 Å². The normalized spacial score (nSPS) is 17.4. The SMILES string of the molecule is COc1cccc(N(C)C(=O)[C@H]2CCCN(S(=O)(=O)c3ccc(OC)c(Cl)c3)C2)c1. The van der Waals surface area contributed by atoms with E-state index in [1.165, 1.54) is 29.6 Å². The Kier molecular flexibility index (Phi) is 6.90. The smallest absolute Gasteiger partial charge is 0.243 e. The number of carbonyl (C=O) groups excluding carboxylic acids is 1. The average molecular weight is 453 g/mol. The van der Waals surface area contributed by atoms with E-state index in [4.69, 9.17) is 21.1 Å². The van der Waals surface area contributed by atoms with E-state index in [0.29, 0.717) is 36.6 Å². The van der Waals surface area contributed by atoms with Gasteiger partial charge in [-0.25, -0.2) is 8.42 Å². The molecule has 7 nitrogen and oxygen atoms in total. The molecular weight excluding hydrogens is 428 g/mol. The van der Waals surface area contributed by atoms with Gasteiger partial charge in [-0.15, -0.1) is 0 Å². The summed E-state index contributed by atoms with van der Waals surface area (Å²) in [5.41, 5.74) is 0.696. The van der Waals surface area contributed by atoms with E-state index in [-0.39, 0.29) is 22.4 Å². The highest BCUT2D eigenvalue weighted by molar-refractivity contribution is 7.89. The Bertz CT molecular complexity index is 1030. The summed E-state index contributed by atoms with van der Waals surface area (Å²) in [4.78, 5) is 14.7. The number of hydrogen-bond donors (Lipinski definition) is 0. The summed E-state index contributed by atoms with van der Waals surface area (Å²) in [6.45, 7) is 0.484. The summed E-state index contributed by atoms with van der Waals surface area (Å²) < 4.78 is 37.9. The fourth-order valence-electron chi connectivity index (χ4n) is 3.54. The van der Waals surface area contributed by atoms with Crippen LogP contribution in [0.5, 0.6) is 11.5 Å². The van der Waals surface area contributed by atoms with Crippen LogP contribution in [-0.2, 0) is 14.8 Å². The second kappa shape index (κ2) is 9.24. The van der Waals surface area contributed by atoms with E-state index in [1.807, 2.05) is 12.1 Å². The number of carbonyl (C=O) groups is 1. The number of halogens is 1. The maximum absolute atomic E-state index is 13.1. The van der Waals surface area contributed by atoms with Crippen LogP contribution in [0, 0.1) is 5.92 Å². The molecule has 9 heteroatoms. The molecule has 1 aliphatic rings. The van der Waals surface area contributed by atoms with Crippen molar-refractivity contribution in [2.75, 3.05) is 39.3 Å². The van der Waals surface area contributed by atoms with Crippen LogP contribution >= 0.6 is 11.6 Å². The molecule has 1 heterocycles. The first-order valence-electron chi connectivity index (χ1n) is 9.53. The van der Waals surface area contributed by atoms with Crippen LogP contribution in [0.1, 0.15) is 12.8 Å². The van der Waals surface area contributed by atoms with Crippen molar-refractivity contribution < 1.29 is 22.7 Å². The summed E-state index contributed by atoms with van der Waals surface area (Å²) in [6, 6.07) is 11.6. The van der Waals surface area contributed by atoms with Crippen molar-refractivity contribution in [2.45, 2.75) is 17.7 Å². The van der Waals surface area contributed by atoms with Gasteiger partial charge >= 0.3 is 0 Å². The Labute approximate surface area is 182 Å². The zero-order chi connectivity index (χ0) is 21.9. The number of benzene rings is 2. The maximum Gasteiger partial charge on any atom is 0.243 e. The predicted octanol–water partition coefficient (Wildman–Crippen LogP) is 3.42. The minimum absolute atomic E-state index is 0.0857. The third kappa shape index (κ3) is 4.55. The largest absolute Gasteiger partial charge is 0.497 e. The van der Waals surface area contributed by atoms with Crippen LogP contribution in [0.25, 0.3) is 0 Å². The molecule has 0 aliphatic carbocycles. The summed E-state index contributed by atoms with van der Waals surface area (Å²) in [7, 11) is 0.947. The number of methoxy groups -OCH3 is 2. The number of hydrogen-bond acceptors (Lipinski definition) is 5. The van der Waals surface area contributed by atoms with Gasteiger partial charge in [-0.3, -0.25) is 4.79 Å². The van der Waals surface area contributed by atoms with Gasteiger partial charge in [0.25, 0.3) is 0 Å². The van der Waals surface area contributed by atoms with Crippen LogP contribution in [0.15, 0.2) is 47.4 Å². The van der Waals surface area contributed by atoms with Crippen LogP contribution < -0.4 is 14.4 Å². The Balaban J connectivity index is 1.78. The Morgan fingerprint density at radius 2 is 1.93 bits per heavy atom. The Morgan fingerprint density at radius 3 is 2.60 bits per heavy atom. The highest BCUT2D eigenvalue weighted by Crippen LogP contribution is 2.31. The number of anilines is 1. The molecule has 2 aromatic rings. The lowest BCUT2D eigenvalue weighted by atomic mass is 9.98. The number of nitrogens with zero attached hydrogens (tertiary/aromatic N) is 2. The fraction of sp³-hybridized carbons (Fsp3) is 0.381. The topological polar surface area (TPSA) is 76.2 Å². The van der Waals surface area contributed by atoms with E-state index in [2.05, 4.69) is 0 Å². The van der Waals surface area contributed by atoms with Crippen molar-refractivity contribution >= 4 is 33.2 Å². The lowest BCUT2D eigenvalue weighted by molar-refractivity contribution is -0.123. The number of piperidine rings is 1. The summed E-state index contributed by atoms with van der Waals surface area (Å²) in [5, 5.41) is 0.223. The van der Waals surface area contributed by atoms with Crippen molar-refractivity contribution in [1.29, 1.82) is 0 Å². The molecule has 30 heavy (non-hydrogen) atoms. The van der Waals surface area contributed by atoms with Crippen LogP contribution in [-0.4, -0.2) is 53.0 Å². The zero-order valence-electron chi connectivity index (χ0n) is 17.2. The van der Waals surface area contributed by atoms with Gasteiger partial charge in [0.05, 0.1) is 30.1 Å². The third-order valence-corrected chi connectivity index (χ3v) is 7.42. The second-order valence-electron chi connectivity index (χ2n) is 7.10. The van der Waals surface area contributed by atoms with Gasteiger partial charge < -0.3 is 14.4 Å². The quantitative estimate of drug-likeness (QED) is 0.671. The molecule has 162 valence electrons. The van der Waals surface area contributed by atoms with Gasteiger partial charge in [-0.2, -0.15) is 4.31 Å². The molecule has 3 rings (SSSR count). The average Bonchev–Trinajstić information content (AvgIpc) is 2.78. The lowest BCUT2D eigenvalue weighted by Crippen LogP contribution is -2.45. The highest BCUT2D eigenvalue weighted by atomic mass is 35.5. The van der Waals surface area contributed by atoms with E-state index in [1.54, 1.807) is 31.2 Å². The number of amides is 1. The third-order valence-electron chi connectivity index (χ3n) is 5.27. The molecule has 0 bridgehead atoms. The molecule has 1 fully saturated rings. The van der Waals surface area contributed by atoms with E-state index < -0.39 is 15.9 Å². The monoisotopic (exact) mass is 452 g/mol. The first-order valence-corrected chi connectivity index (χ1v) is 11.3. The van der Waals surface area contributed by atoms with Gasteiger partial charge in [0.1, 0.15) is 11.5 Å². The highest BCUT2D eigenvalue weighted by Gasteiger charge is 2.35. The van der Waals surface area contributed by atoms with E-state index in [9.17, 15) is 13.2 Å². The molecule has 0 spiro atoms. The number of ether oxygens (including phenoxy) is 2. The second-order valence-corrected chi connectivity index (χ2v) is 9.44. The number of sulfonamides is 1. The predicted molar refractivity (Wildman–Crippen MR) is 116 cm³/mol. The molecule has 2 aromatic carbocycles. The molecule has 0 radical (unpaired) electrons. The van der Waals surface area contributed by atoms with Crippen molar-refractivity contribution in [3.8, 4) is 11.5 Å². The fourth-order valence-corrected chi connectivity index (χ4v) is 5.41. The van der Waals surface area contributed by atoms with Gasteiger partial charge in [0.2, 0.25) is 15.9 Å². The van der Waals surface area contributed by atoms with Crippen LogP contribution in [0.3, 0.4) is 0 Å². The Morgan fingerprint density at radius 1 is 1.17 bits per heavy atom. The van der Waals surface area contributed by atoms with Crippen LogP contribution in [0.2, 0.25) is 5.02 Å². The van der Waals surface area contributed by atoms with Crippen molar-refractivity contribution in [3.05, 3.63) is 47.5 Å². The Hall–Kier alpha value is -2.29. The number of rotatable bonds is 6. The first kappa shape index (κ1) is 22.4. The van der Waals surface area contributed by atoms with E-state index in [0.717, 1.165) is 0 Å².